The van der Waals surface area contributed by atoms with Gasteiger partial charge in [-0.05, 0) is 30.9 Å². The summed E-state index contributed by atoms with van der Waals surface area (Å²) in [4.78, 5) is 12.3. The lowest BCUT2D eigenvalue weighted by molar-refractivity contribution is -0.119. The van der Waals surface area contributed by atoms with Crippen LogP contribution in [0, 0.1) is 11.8 Å². The van der Waals surface area contributed by atoms with E-state index in [0.717, 1.165) is 30.0 Å². The van der Waals surface area contributed by atoms with Gasteiger partial charge >= 0.3 is 0 Å². The molecule has 2 rings (SSSR count). The zero-order chi connectivity index (χ0) is 14.5. The highest BCUT2D eigenvalue weighted by atomic mass is 16.5. The van der Waals surface area contributed by atoms with E-state index in [9.17, 15) is 4.79 Å². The molecule has 0 fully saturated rings. The lowest BCUT2D eigenvalue weighted by Gasteiger charge is -2.15. The largest absolute Gasteiger partial charge is 0.491 e. The Balaban J connectivity index is 2.19. The quantitative estimate of drug-likeness (QED) is 0.865. The molecular formula is C16H24N2O2. The number of rotatable bonds is 5. The second-order valence-electron chi connectivity index (χ2n) is 5.72. The third-order valence-corrected chi connectivity index (χ3v) is 3.40. The Morgan fingerprint density at radius 3 is 2.90 bits per heavy atom. The van der Waals surface area contributed by atoms with Gasteiger partial charge in [-0.3, -0.25) is 4.79 Å². The zero-order valence-electron chi connectivity index (χ0n) is 12.5. The van der Waals surface area contributed by atoms with Crippen LogP contribution in [-0.4, -0.2) is 19.1 Å². The van der Waals surface area contributed by atoms with Crippen LogP contribution >= 0.6 is 0 Å². The van der Waals surface area contributed by atoms with Gasteiger partial charge in [-0.1, -0.05) is 26.8 Å². The first-order valence-corrected chi connectivity index (χ1v) is 7.42. The van der Waals surface area contributed by atoms with Gasteiger partial charge in [0.2, 0.25) is 5.91 Å². The first-order chi connectivity index (χ1) is 9.61. The summed E-state index contributed by atoms with van der Waals surface area (Å²) in [5, 5.41) is 6.39. The van der Waals surface area contributed by atoms with E-state index in [1.54, 1.807) is 0 Å². The van der Waals surface area contributed by atoms with Crippen LogP contribution in [0.3, 0.4) is 0 Å². The van der Waals surface area contributed by atoms with E-state index >= 15 is 0 Å². The molecule has 4 nitrogen and oxygen atoms in total. The predicted octanol–water partition coefficient (Wildman–Crippen LogP) is 3.50. The van der Waals surface area contributed by atoms with Gasteiger partial charge in [0.1, 0.15) is 11.4 Å². The van der Waals surface area contributed by atoms with Crippen LogP contribution in [-0.2, 0) is 4.79 Å². The number of anilines is 2. The molecule has 4 heteroatoms. The Bertz CT molecular complexity index is 472. The van der Waals surface area contributed by atoms with Crippen LogP contribution in [0.25, 0.3) is 0 Å². The number of carbonyl (C=O) groups excluding carboxylic acids is 1. The lowest BCUT2D eigenvalue weighted by atomic mass is 9.96. The van der Waals surface area contributed by atoms with Crippen molar-refractivity contribution in [2.45, 2.75) is 33.6 Å². The number of fused-ring (bicyclic) bond motifs is 1. The van der Waals surface area contributed by atoms with Crippen molar-refractivity contribution in [2.75, 3.05) is 23.8 Å². The normalized spacial score (nSPS) is 18.0. The summed E-state index contributed by atoms with van der Waals surface area (Å²) in [6.07, 6.45) is 1.83. The first kappa shape index (κ1) is 14.7. The molecule has 1 aromatic rings. The van der Waals surface area contributed by atoms with Gasteiger partial charge < -0.3 is 15.4 Å². The maximum atomic E-state index is 12.3. The molecular weight excluding hydrogens is 252 g/mol. The van der Waals surface area contributed by atoms with Gasteiger partial charge in [0.15, 0.2) is 0 Å². The van der Waals surface area contributed by atoms with Crippen molar-refractivity contribution in [3.63, 3.8) is 0 Å². The molecule has 0 saturated heterocycles. The molecule has 0 spiro atoms. The van der Waals surface area contributed by atoms with E-state index < -0.39 is 0 Å². The maximum Gasteiger partial charge on any atom is 0.229 e. The molecule has 1 aliphatic heterocycles. The number of amides is 1. The fourth-order valence-electron chi connectivity index (χ4n) is 2.45. The molecule has 1 atom stereocenters. The van der Waals surface area contributed by atoms with Gasteiger partial charge in [-0.25, -0.2) is 0 Å². The van der Waals surface area contributed by atoms with E-state index in [2.05, 4.69) is 31.4 Å². The number of nitrogens with one attached hydrogen (secondary N) is 2. The van der Waals surface area contributed by atoms with E-state index in [4.69, 9.17) is 4.74 Å². The molecule has 0 bridgehead atoms. The van der Waals surface area contributed by atoms with Gasteiger partial charge in [0, 0.05) is 6.54 Å². The first-order valence-electron chi connectivity index (χ1n) is 7.42. The molecule has 1 aliphatic rings. The van der Waals surface area contributed by atoms with Crippen LogP contribution < -0.4 is 15.4 Å². The highest BCUT2D eigenvalue weighted by Gasteiger charge is 2.25. The average Bonchev–Trinajstić information content (AvgIpc) is 2.56. The Kier molecular flexibility index (Phi) is 4.88. The SMILES string of the molecule is CCCOc1cccc2c1NC(=O)C(CC(C)C)CN2. The average molecular weight is 276 g/mol. The van der Waals surface area contributed by atoms with E-state index in [1.165, 1.54) is 0 Å². The second kappa shape index (κ2) is 6.64. The molecule has 0 radical (unpaired) electrons. The Morgan fingerprint density at radius 2 is 2.20 bits per heavy atom. The van der Waals surface area contributed by atoms with Gasteiger partial charge in [0.05, 0.1) is 18.2 Å². The van der Waals surface area contributed by atoms with Crippen molar-refractivity contribution in [2.24, 2.45) is 11.8 Å². The number of ether oxygens (including phenoxy) is 1. The molecule has 1 amide bonds. The standard InChI is InChI=1S/C16H24N2O2/c1-4-8-20-14-7-5-6-13-15(14)18-16(19)12(10-17-13)9-11(2)3/h5-7,11-12,17H,4,8-10H2,1-3H3,(H,18,19). The Hall–Kier alpha value is -1.71. The molecule has 1 aromatic carbocycles. The summed E-state index contributed by atoms with van der Waals surface area (Å²) in [5.74, 6) is 1.33. The summed E-state index contributed by atoms with van der Waals surface area (Å²) in [6.45, 7) is 7.68. The molecule has 1 heterocycles. The second-order valence-corrected chi connectivity index (χ2v) is 5.72. The topological polar surface area (TPSA) is 50.4 Å². The lowest BCUT2D eigenvalue weighted by Crippen LogP contribution is -2.27. The van der Waals surface area contributed by atoms with Crippen molar-refractivity contribution in [3.8, 4) is 5.75 Å². The summed E-state index contributed by atoms with van der Waals surface area (Å²) >= 11 is 0. The predicted molar refractivity (Wildman–Crippen MR) is 82.3 cm³/mol. The van der Waals surface area contributed by atoms with Crippen LogP contribution in [0.5, 0.6) is 5.75 Å². The molecule has 0 saturated carbocycles. The molecule has 1 unspecified atom stereocenters. The van der Waals surface area contributed by atoms with E-state index in [-0.39, 0.29) is 11.8 Å². The summed E-state index contributed by atoms with van der Waals surface area (Å²) in [5.41, 5.74) is 1.72. The minimum absolute atomic E-state index is 0.00132. The van der Waals surface area contributed by atoms with Crippen LogP contribution in [0.15, 0.2) is 18.2 Å². The Morgan fingerprint density at radius 1 is 1.40 bits per heavy atom. The van der Waals surface area contributed by atoms with Crippen molar-refractivity contribution in [1.82, 2.24) is 0 Å². The summed E-state index contributed by atoms with van der Waals surface area (Å²) < 4.78 is 5.72. The van der Waals surface area contributed by atoms with Crippen LogP contribution in [0.4, 0.5) is 11.4 Å². The van der Waals surface area contributed by atoms with E-state index in [0.29, 0.717) is 19.1 Å². The maximum absolute atomic E-state index is 12.3. The molecule has 0 aliphatic carbocycles. The summed E-state index contributed by atoms with van der Waals surface area (Å²) in [6, 6.07) is 5.83. The Labute approximate surface area is 120 Å². The number of hydrogen-bond donors (Lipinski definition) is 2. The van der Waals surface area contributed by atoms with Crippen molar-refractivity contribution in [1.29, 1.82) is 0 Å². The molecule has 20 heavy (non-hydrogen) atoms. The highest BCUT2D eigenvalue weighted by Crippen LogP contribution is 2.35. The van der Waals surface area contributed by atoms with Gasteiger partial charge in [-0.2, -0.15) is 0 Å². The minimum atomic E-state index is 0.00132. The van der Waals surface area contributed by atoms with Crippen LogP contribution in [0.1, 0.15) is 33.6 Å². The fraction of sp³-hybridized carbons (Fsp3) is 0.562. The fourth-order valence-corrected chi connectivity index (χ4v) is 2.45. The van der Waals surface area contributed by atoms with Gasteiger partial charge in [-0.15, -0.1) is 0 Å². The van der Waals surface area contributed by atoms with Crippen molar-refractivity contribution in [3.05, 3.63) is 18.2 Å². The van der Waals surface area contributed by atoms with Crippen molar-refractivity contribution >= 4 is 17.3 Å². The third kappa shape index (κ3) is 3.44. The zero-order valence-corrected chi connectivity index (χ0v) is 12.5. The van der Waals surface area contributed by atoms with Crippen LogP contribution in [0.2, 0.25) is 0 Å². The molecule has 0 aromatic heterocycles. The smallest absolute Gasteiger partial charge is 0.229 e. The highest BCUT2D eigenvalue weighted by molar-refractivity contribution is 5.99. The van der Waals surface area contributed by atoms with E-state index in [1.807, 2.05) is 18.2 Å². The van der Waals surface area contributed by atoms with Crippen molar-refractivity contribution < 1.29 is 9.53 Å². The molecule has 2 N–H and O–H groups in total. The van der Waals surface area contributed by atoms with Gasteiger partial charge in [0.25, 0.3) is 0 Å². The monoisotopic (exact) mass is 276 g/mol. The number of hydrogen-bond acceptors (Lipinski definition) is 3. The number of carbonyl (C=O) groups is 1. The summed E-state index contributed by atoms with van der Waals surface area (Å²) in [7, 11) is 0. The minimum Gasteiger partial charge on any atom is -0.491 e. The number of benzene rings is 1. The third-order valence-electron chi connectivity index (χ3n) is 3.40. The number of para-hydroxylation sites is 1. The molecule has 110 valence electrons.